The largest absolute Gasteiger partial charge is 0.497 e. The maximum Gasteiger partial charge on any atom is 0.243 e. The lowest BCUT2D eigenvalue weighted by atomic mass is 10.0. The van der Waals surface area contributed by atoms with Crippen molar-refractivity contribution in [2.75, 3.05) is 33.8 Å². The maximum absolute atomic E-state index is 12.7. The molecule has 0 bridgehead atoms. The van der Waals surface area contributed by atoms with E-state index in [9.17, 15) is 13.2 Å². The first-order valence-electron chi connectivity index (χ1n) is 9.60. The summed E-state index contributed by atoms with van der Waals surface area (Å²) in [5, 5.41) is 3.97. The number of nitrogens with zero attached hydrogens (tertiary/aromatic N) is 4. The Bertz CT molecular complexity index is 996. The number of likely N-dealkylation sites (N-methyl/N-ethyl adjacent to an activating group) is 1. The highest BCUT2D eigenvalue weighted by molar-refractivity contribution is 7.89. The number of aromatic nitrogens is 2. The Kier molecular flexibility index (Phi) is 5.30. The van der Waals surface area contributed by atoms with Crippen LogP contribution in [0.3, 0.4) is 0 Å². The van der Waals surface area contributed by atoms with Crippen LogP contribution in [0.25, 0.3) is 0 Å². The number of hydrogen-bond acceptors (Lipinski definition) is 7. The van der Waals surface area contributed by atoms with Crippen molar-refractivity contribution in [3.63, 3.8) is 0 Å². The van der Waals surface area contributed by atoms with E-state index in [1.165, 1.54) is 17.5 Å². The van der Waals surface area contributed by atoms with E-state index in [-0.39, 0.29) is 22.6 Å². The minimum atomic E-state index is -3.58. The summed E-state index contributed by atoms with van der Waals surface area (Å²) in [4.78, 5) is 18.3. The molecule has 2 heterocycles. The molecule has 10 heteroatoms. The normalized spacial score (nSPS) is 17.7. The topological polar surface area (TPSA) is 106 Å². The van der Waals surface area contributed by atoms with Gasteiger partial charge in [0.05, 0.1) is 17.9 Å². The predicted octanol–water partition coefficient (Wildman–Crippen LogP) is 1.28. The van der Waals surface area contributed by atoms with Crippen LogP contribution < -0.4 is 4.74 Å². The van der Waals surface area contributed by atoms with Gasteiger partial charge >= 0.3 is 0 Å². The Hall–Kier alpha value is -2.46. The molecule has 1 amide bonds. The van der Waals surface area contributed by atoms with Crippen LogP contribution in [0.4, 0.5) is 0 Å². The maximum atomic E-state index is 12.7. The fraction of sp³-hybridized carbons (Fsp3) is 0.526. The minimum absolute atomic E-state index is 0.123. The summed E-state index contributed by atoms with van der Waals surface area (Å²) in [6, 6.07) is 6.41. The zero-order valence-electron chi connectivity index (χ0n) is 16.4. The fourth-order valence-corrected chi connectivity index (χ4v) is 4.82. The number of amides is 1. The monoisotopic (exact) mass is 420 g/mol. The summed E-state index contributed by atoms with van der Waals surface area (Å²) in [6.07, 6.45) is 2.47. The molecule has 4 rings (SSSR count). The number of ether oxygens (including phenoxy) is 1. The highest BCUT2D eigenvalue weighted by atomic mass is 32.2. The van der Waals surface area contributed by atoms with Crippen molar-refractivity contribution in [3.05, 3.63) is 36.0 Å². The first-order chi connectivity index (χ1) is 13.9. The van der Waals surface area contributed by atoms with Crippen molar-refractivity contribution in [3.8, 4) is 5.75 Å². The first kappa shape index (κ1) is 19.8. The van der Waals surface area contributed by atoms with Gasteiger partial charge in [0.15, 0.2) is 5.82 Å². The predicted molar refractivity (Wildman–Crippen MR) is 103 cm³/mol. The molecule has 1 aromatic carbocycles. The molecule has 1 saturated carbocycles. The van der Waals surface area contributed by atoms with E-state index in [0.29, 0.717) is 43.5 Å². The molecule has 156 valence electrons. The van der Waals surface area contributed by atoms with E-state index in [0.717, 1.165) is 12.8 Å². The Balaban J connectivity index is 1.32. The zero-order chi connectivity index (χ0) is 20.6. The highest BCUT2D eigenvalue weighted by Crippen LogP contribution is 2.32. The van der Waals surface area contributed by atoms with Crippen LogP contribution in [0.2, 0.25) is 0 Å². The SMILES string of the molecule is COc1cccc(S(=O)(=O)N2CC(c3nc(CCN(C)C(=O)C4CC4)no3)C2)c1. The van der Waals surface area contributed by atoms with Gasteiger partial charge in [0.2, 0.25) is 21.8 Å². The van der Waals surface area contributed by atoms with Crippen molar-refractivity contribution in [2.45, 2.75) is 30.1 Å². The standard InChI is InChI=1S/C19H24N4O5S/c1-22(19(24)13-6-7-13)9-8-17-20-18(28-21-17)14-11-23(12-14)29(25,26)16-5-3-4-15(10-16)27-2/h3-5,10,13-14H,6-9,11-12H2,1-2H3. The molecule has 0 atom stereocenters. The molecule has 1 aliphatic carbocycles. The number of methoxy groups -OCH3 is 1. The fourth-order valence-electron chi connectivity index (χ4n) is 3.26. The van der Waals surface area contributed by atoms with Crippen LogP contribution >= 0.6 is 0 Å². The van der Waals surface area contributed by atoms with Gasteiger partial charge < -0.3 is 14.2 Å². The number of rotatable bonds is 8. The summed E-state index contributed by atoms with van der Waals surface area (Å²) in [7, 11) is -0.298. The smallest absolute Gasteiger partial charge is 0.243 e. The van der Waals surface area contributed by atoms with Gasteiger partial charge in [0, 0.05) is 45.1 Å². The third kappa shape index (κ3) is 4.13. The molecule has 1 aliphatic heterocycles. The number of sulfonamides is 1. The van der Waals surface area contributed by atoms with Gasteiger partial charge in [-0.15, -0.1) is 0 Å². The summed E-state index contributed by atoms with van der Waals surface area (Å²) in [5.41, 5.74) is 0. The van der Waals surface area contributed by atoms with Crippen molar-refractivity contribution in [1.82, 2.24) is 19.3 Å². The highest BCUT2D eigenvalue weighted by Gasteiger charge is 2.40. The van der Waals surface area contributed by atoms with Gasteiger partial charge in [0.25, 0.3) is 0 Å². The minimum Gasteiger partial charge on any atom is -0.497 e. The molecule has 0 spiro atoms. The molecule has 29 heavy (non-hydrogen) atoms. The Labute approximate surface area is 169 Å². The van der Waals surface area contributed by atoms with E-state index >= 15 is 0 Å². The average molecular weight is 420 g/mol. The Morgan fingerprint density at radius 1 is 1.34 bits per heavy atom. The van der Waals surface area contributed by atoms with Gasteiger partial charge in [-0.1, -0.05) is 11.2 Å². The molecule has 2 fully saturated rings. The van der Waals surface area contributed by atoms with Gasteiger partial charge in [-0.3, -0.25) is 4.79 Å². The number of carbonyl (C=O) groups is 1. The second-order valence-electron chi connectivity index (χ2n) is 7.53. The molecule has 2 aliphatic rings. The van der Waals surface area contributed by atoms with E-state index in [4.69, 9.17) is 9.26 Å². The molecular weight excluding hydrogens is 396 g/mol. The average Bonchev–Trinajstić information content (AvgIpc) is 3.43. The van der Waals surface area contributed by atoms with Crippen molar-refractivity contribution in [1.29, 1.82) is 0 Å². The van der Waals surface area contributed by atoms with Crippen LogP contribution in [0.15, 0.2) is 33.7 Å². The van der Waals surface area contributed by atoms with Gasteiger partial charge in [-0.05, 0) is 25.0 Å². The Morgan fingerprint density at radius 2 is 2.10 bits per heavy atom. The van der Waals surface area contributed by atoms with Gasteiger partial charge in [-0.25, -0.2) is 8.42 Å². The van der Waals surface area contributed by atoms with Crippen LogP contribution in [0, 0.1) is 5.92 Å². The molecule has 1 saturated heterocycles. The molecule has 0 N–H and O–H groups in total. The first-order valence-corrected chi connectivity index (χ1v) is 11.0. The second kappa shape index (κ2) is 7.75. The molecule has 9 nitrogen and oxygen atoms in total. The van der Waals surface area contributed by atoms with E-state index in [1.54, 1.807) is 30.1 Å². The summed E-state index contributed by atoms with van der Waals surface area (Å²) < 4.78 is 37.3. The lowest BCUT2D eigenvalue weighted by Crippen LogP contribution is -2.48. The van der Waals surface area contributed by atoms with Crippen molar-refractivity contribution < 1.29 is 22.5 Å². The summed E-state index contributed by atoms with van der Waals surface area (Å²) in [5.74, 6) is 1.70. The number of carbonyl (C=O) groups excluding carboxylic acids is 1. The third-order valence-corrected chi connectivity index (χ3v) is 7.16. The van der Waals surface area contributed by atoms with Crippen LogP contribution in [0.5, 0.6) is 5.75 Å². The molecule has 0 unspecified atom stereocenters. The van der Waals surface area contributed by atoms with Crippen LogP contribution in [-0.2, 0) is 21.2 Å². The number of hydrogen-bond donors (Lipinski definition) is 0. The summed E-state index contributed by atoms with van der Waals surface area (Å²) >= 11 is 0. The van der Waals surface area contributed by atoms with Crippen molar-refractivity contribution in [2.24, 2.45) is 5.92 Å². The van der Waals surface area contributed by atoms with E-state index < -0.39 is 10.0 Å². The lowest BCUT2D eigenvalue weighted by Gasteiger charge is -2.35. The second-order valence-corrected chi connectivity index (χ2v) is 9.47. The molecule has 1 aromatic heterocycles. The zero-order valence-corrected chi connectivity index (χ0v) is 17.3. The third-order valence-electron chi connectivity index (χ3n) is 5.33. The lowest BCUT2D eigenvalue weighted by molar-refractivity contribution is -0.131. The van der Waals surface area contributed by atoms with Crippen LogP contribution in [-0.4, -0.2) is 67.5 Å². The van der Waals surface area contributed by atoms with Crippen molar-refractivity contribution >= 4 is 15.9 Å². The summed E-state index contributed by atoms with van der Waals surface area (Å²) in [6.45, 7) is 1.12. The number of benzene rings is 1. The quantitative estimate of drug-likeness (QED) is 0.633. The molecular formula is C19H24N4O5S. The van der Waals surface area contributed by atoms with E-state index in [2.05, 4.69) is 10.1 Å². The van der Waals surface area contributed by atoms with E-state index in [1.807, 2.05) is 0 Å². The van der Waals surface area contributed by atoms with Crippen LogP contribution in [0.1, 0.15) is 30.5 Å². The molecule has 2 aromatic rings. The molecule has 0 radical (unpaired) electrons. The van der Waals surface area contributed by atoms with Gasteiger partial charge in [0.1, 0.15) is 5.75 Å². The van der Waals surface area contributed by atoms with Gasteiger partial charge in [-0.2, -0.15) is 9.29 Å². The Morgan fingerprint density at radius 3 is 2.79 bits per heavy atom.